The molecule has 3 nitrogen and oxygen atoms in total. The Morgan fingerprint density at radius 2 is 2.22 bits per heavy atom. The van der Waals surface area contributed by atoms with E-state index in [1.165, 1.54) is 12.3 Å². The molecule has 100 valence electrons. The monoisotopic (exact) mass is 320 g/mol. The normalized spacial score (nSPS) is 12.5. The zero-order valence-electron chi connectivity index (χ0n) is 9.92. The Morgan fingerprint density at radius 3 is 2.72 bits per heavy atom. The third-order valence-electron chi connectivity index (χ3n) is 2.51. The second-order valence-corrected chi connectivity index (χ2v) is 4.63. The Morgan fingerprint density at radius 1 is 1.50 bits per heavy atom. The molecule has 0 radical (unpaired) electrons. The number of nitrogens with one attached hydrogen (secondary N) is 2. The number of benzene rings is 1. The minimum Gasteiger partial charge on any atom is -0.434 e. The van der Waals surface area contributed by atoms with E-state index in [0.717, 1.165) is 12.0 Å². The first kappa shape index (κ1) is 15.0. The maximum Gasteiger partial charge on any atom is 0.387 e. The lowest BCUT2D eigenvalue weighted by Crippen LogP contribution is -2.27. The average Bonchev–Trinajstić information content (AvgIpc) is 2.31. The number of likely N-dealkylation sites (N-methyl/N-ethyl adjacent to an activating group) is 1. The molecule has 0 aliphatic rings. The molecule has 1 rings (SSSR count). The van der Waals surface area contributed by atoms with Gasteiger partial charge in [-0.25, -0.2) is 0 Å². The van der Waals surface area contributed by atoms with Crippen molar-refractivity contribution in [3.63, 3.8) is 0 Å². The predicted octanol–water partition coefficient (Wildman–Crippen LogP) is 3.22. The Balaban J connectivity index is 2.74. The van der Waals surface area contributed by atoms with Crippen molar-refractivity contribution in [1.82, 2.24) is 5.32 Å². The summed E-state index contributed by atoms with van der Waals surface area (Å²) in [5, 5.41) is 10.2. The fourth-order valence-corrected chi connectivity index (χ4v) is 2.11. The minimum atomic E-state index is -2.82. The summed E-state index contributed by atoms with van der Waals surface area (Å²) in [6.07, 6.45) is 2.70. The molecule has 2 N–H and O–H groups in total. The Kier molecular flexibility index (Phi) is 6.21. The van der Waals surface area contributed by atoms with Crippen LogP contribution in [0.15, 0.2) is 22.7 Å². The van der Waals surface area contributed by atoms with Gasteiger partial charge in [0.1, 0.15) is 5.75 Å². The van der Waals surface area contributed by atoms with Crippen LogP contribution in [0, 0.1) is 5.41 Å². The fraction of sp³-hybridized carbons (Fsp3) is 0.417. The maximum absolute atomic E-state index is 12.1. The van der Waals surface area contributed by atoms with Crippen molar-refractivity contribution in [2.45, 2.75) is 25.5 Å². The second-order valence-electron chi connectivity index (χ2n) is 3.77. The zero-order valence-corrected chi connectivity index (χ0v) is 11.5. The summed E-state index contributed by atoms with van der Waals surface area (Å²) in [6.45, 7) is -2.82. The molecule has 0 aliphatic heterocycles. The van der Waals surface area contributed by atoms with Gasteiger partial charge in [-0.3, -0.25) is 0 Å². The molecule has 0 fully saturated rings. The summed E-state index contributed by atoms with van der Waals surface area (Å²) in [5.41, 5.74) is 0.990. The number of hydrogen-bond donors (Lipinski definition) is 2. The van der Waals surface area contributed by atoms with Crippen molar-refractivity contribution in [2.24, 2.45) is 0 Å². The van der Waals surface area contributed by atoms with Crippen LogP contribution in [0.3, 0.4) is 0 Å². The fourth-order valence-electron chi connectivity index (χ4n) is 1.59. The molecule has 0 spiro atoms. The van der Waals surface area contributed by atoms with Gasteiger partial charge in [-0.2, -0.15) is 8.78 Å². The first-order chi connectivity index (χ1) is 8.56. The number of hydrogen-bond acceptors (Lipinski definition) is 3. The van der Waals surface area contributed by atoms with Gasteiger partial charge in [0.05, 0.1) is 4.47 Å². The summed E-state index contributed by atoms with van der Waals surface area (Å²) in [6, 6.07) is 5.18. The van der Waals surface area contributed by atoms with Gasteiger partial charge in [0.2, 0.25) is 0 Å². The molecule has 1 aromatic rings. The van der Waals surface area contributed by atoms with Crippen LogP contribution in [0.2, 0.25) is 0 Å². The van der Waals surface area contributed by atoms with Crippen molar-refractivity contribution in [1.29, 1.82) is 5.41 Å². The third-order valence-corrected chi connectivity index (χ3v) is 3.12. The minimum absolute atomic E-state index is 0.127. The smallest absolute Gasteiger partial charge is 0.387 e. The van der Waals surface area contributed by atoms with Gasteiger partial charge in [-0.15, -0.1) is 0 Å². The predicted molar refractivity (Wildman–Crippen MR) is 70.7 cm³/mol. The molecular weight excluding hydrogens is 306 g/mol. The van der Waals surface area contributed by atoms with Gasteiger partial charge >= 0.3 is 6.61 Å². The SMILES string of the molecule is CNC(CC=N)Cc1ccc(OC(F)F)c(Br)c1. The van der Waals surface area contributed by atoms with Crippen molar-refractivity contribution >= 4 is 22.1 Å². The summed E-state index contributed by atoms with van der Waals surface area (Å²) in [4.78, 5) is 0. The molecule has 0 bridgehead atoms. The van der Waals surface area contributed by atoms with Crippen LogP contribution < -0.4 is 10.1 Å². The van der Waals surface area contributed by atoms with E-state index < -0.39 is 6.61 Å². The molecule has 0 aromatic heterocycles. The van der Waals surface area contributed by atoms with E-state index in [4.69, 9.17) is 5.41 Å². The lowest BCUT2D eigenvalue weighted by atomic mass is 10.0. The Bertz CT molecular complexity index is 402. The van der Waals surface area contributed by atoms with Crippen LogP contribution in [-0.2, 0) is 6.42 Å². The summed E-state index contributed by atoms with van der Waals surface area (Å²) in [7, 11) is 1.83. The molecule has 0 amide bonds. The van der Waals surface area contributed by atoms with Crippen molar-refractivity contribution < 1.29 is 13.5 Å². The lowest BCUT2D eigenvalue weighted by molar-refractivity contribution is -0.0503. The highest BCUT2D eigenvalue weighted by Gasteiger charge is 2.11. The van der Waals surface area contributed by atoms with E-state index >= 15 is 0 Å². The summed E-state index contributed by atoms with van der Waals surface area (Å²) in [5.74, 6) is 0.127. The first-order valence-corrected chi connectivity index (χ1v) is 6.25. The van der Waals surface area contributed by atoms with Gasteiger partial charge in [-0.1, -0.05) is 6.07 Å². The molecule has 1 unspecified atom stereocenters. The van der Waals surface area contributed by atoms with Gasteiger partial charge < -0.3 is 15.5 Å². The number of ether oxygens (including phenoxy) is 1. The molecule has 0 heterocycles. The average molecular weight is 321 g/mol. The Hall–Kier alpha value is -1.01. The van der Waals surface area contributed by atoms with Crippen LogP contribution in [0.25, 0.3) is 0 Å². The molecule has 6 heteroatoms. The highest BCUT2D eigenvalue weighted by Crippen LogP contribution is 2.27. The molecule has 0 saturated carbocycles. The van der Waals surface area contributed by atoms with E-state index in [9.17, 15) is 8.78 Å². The number of rotatable bonds is 7. The van der Waals surface area contributed by atoms with Crippen LogP contribution in [0.5, 0.6) is 5.75 Å². The van der Waals surface area contributed by atoms with Gasteiger partial charge in [-0.05, 0) is 59.7 Å². The number of alkyl halides is 2. The van der Waals surface area contributed by atoms with Crippen molar-refractivity contribution in [2.75, 3.05) is 7.05 Å². The van der Waals surface area contributed by atoms with E-state index in [2.05, 4.69) is 26.0 Å². The van der Waals surface area contributed by atoms with Gasteiger partial charge in [0.25, 0.3) is 0 Å². The molecule has 0 aliphatic carbocycles. The second kappa shape index (κ2) is 7.43. The maximum atomic E-state index is 12.1. The van der Waals surface area contributed by atoms with Crippen LogP contribution in [-0.4, -0.2) is 25.9 Å². The lowest BCUT2D eigenvalue weighted by Gasteiger charge is -2.14. The van der Waals surface area contributed by atoms with Crippen LogP contribution >= 0.6 is 15.9 Å². The van der Waals surface area contributed by atoms with Crippen LogP contribution in [0.1, 0.15) is 12.0 Å². The molecular formula is C12H15BrF2N2O. The molecule has 1 atom stereocenters. The topological polar surface area (TPSA) is 45.1 Å². The standard InChI is InChI=1S/C12H15BrF2N2O/c1-17-9(4-5-16)6-8-2-3-11(10(13)7-8)18-12(14)15/h2-3,5,7,9,12,16-17H,4,6H2,1H3. The first-order valence-electron chi connectivity index (χ1n) is 5.46. The summed E-state index contributed by atoms with van der Waals surface area (Å²) < 4.78 is 29.0. The molecule has 18 heavy (non-hydrogen) atoms. The van der Waals surface area contributed by atoms with Gasteiger partial charge in [0, 0.05) is 6.04 Å². The zero-order chi connectivity index (χ0) is 13.5. The highest BCUT2D eigenvalue weighted by molar-refractivity contribution is 9.10. The van der Waals surface area contributed by atoms with E-state index in [-0.39, 0.29) is 11.8 Å². The van der Waals surface area contributed by atoms with Gasteiger partial charge in [0.15, 0.2) is 0 Å². The highest BCUT2D eigenvalue weighted by atomic mass is 79.9. The van der Waals surface area contributed by atoms with E-state index in [1.807, 2.05) is 7.05 Å². The third kappa shape index (κ3) is 4.70. The van der Waals surface area contributed by atoms with Crippen LogP contribution in [0.4, 0.5) is 8.78 Å². The molecule has 0 saturated heterocycles. The van der Waals surface area contributed by atoms with E-state index in [1.54, 1.807) is 12.1 Å². The van der Waals surface area contributed by atoms with Crippen molar-refractivity contribution in [3.8, 4) is 5.75 Å². The quantitative estimate of drug-likeness (QED) is 0.758. The summed E-state index contributed by atoms with van der Waals surface area (Å²) >= 11 is 3.20. The largest absolute Gasteiger partial charge is 0.434 e. The van der Waals surface area contributed by atoms with E-state index in [0.29, 0.717) is 10.9 Å². The number of halogens is 3. The Labute approximate surface area is 113 Å². The van der Waals surface area contributed by atoms with Crippen molar-refractivity contribution in [3.05, 3.63) is 28.2 Å². The molecule has 1 aromatic carbocycles.